The number of alkyl halides is 3. The molecule has 0 radical (unpaired) electrons. The number of pyridine rings is 2. The molecule has 0 unspecified atom stereocenters. The molecule has 5 rings (SSSR count). The van der Waals surface area contributed by atoms with Gasteiger partial charge in [0.05, 0.1) is 35.4 Å². The number of aromatic nitrogens is 2. The van der Waals surface area contributed by atoms with Gasteiger partial charge >= 0.3 is 12.2 Å². The van der Waals surface area contributed by atoms with E-state index in [0.29, 0.717) is 18.5 Å². The smallest absolute Gasteiger partial charge is 0.283 e. The molecule has 156 valence electrons. The van der Waals surface area contributed by atoms with E-state index in [0.717, 1.165) is 29.5 Å². The van der Waals surface area contributed by atoms with Gasteiger partial charge in [0.15, 0.2) is 0 Å². The number of carbonyl (C=O) groups is 1. The first-order valence-corrected chi connectivity index (χ1v) is 9.76. The average Bonchev–Trinajstić information content (AvgIpc) is 3.01. The molecule has 2 fully saturated rings. The van der Waals surface area contributed by atoms with Crippen LogP contribution in [0.2, 0.25) is 0 Å². The predicted molar refractivity (Wildman–Crippen MR) is 107 cm³/mol. The first kappa shape index (κ1) is 19.3. The van der Waals surface area contributed by atoms with E-state index in [1.807, 2.05) is 24.3 Å². The van der Waals surface area contributed by atoms with Crippen LogP contribution in [0.15, 0.2) is 55.0 Å². The summed E-state index contributed by atoms with van der Waals surface area (Å²) in [5.41, 5.74) is -1.10. The summed E-state index contributed by atoms with van der Waals surface area (Å²) in [5.74, 6) is 0. The fraction of sp³-hybridized carbons (Fsp3) is 0.273. The van der Waals surface area contributed by atoms with E-state index in [4.69, 9.17) is 0 Å². The van der Waals surface area contributed by atoms with Gasteiger partial charge < -0.3 is 0 Å². The molecule has 1 saturated carbocycles. The number of anilines is 2. The first-order chi connectivity index (χ1) is 14.9. The standard InChI is InChI=1S/C22H16F3N5O/c23-22(24,25)18-7-6-15(12-28-18)30-20(31)29(19(10-26)21(30)8-3-9-21)17-13-27-11-14-4-1-2-5-16(14)17/h1-2,4-7,11-13,19H,3,8-9H2/t19-/m1/s1. The van der Waals surface area contributed by atoms with E-state index >= 15 is 0 Å². The van der Waals surface area contributed by atoms with Gasteiger partial charge in [-0.25, -0.2) is 9.78 Å². The number of hydrogen-bond acceptors (Lipinski definition) is 4. The lowest BCUT2D eigenvalue weighted by Gasteiger charge is -2.45. The second-order valence-electron chi connectivity index (χ2n) is 7.76. The van der Waals surface area contributed by atoms with Crippen LogP contribution in [0.3, 0.4) is 0 Å². The molecule has 31 heavy (non-hydrogen) atoms. The highest BCUT2D eigenvalue weighted by atomic mass is 19.4. The molecular formula is C22H16F3N5O. The quantitative estimate of drug-likeness (QED) is 0.587. The van der Waals surface area contributed by atoms with Gasteiger partial charge in [-0.1, -0.05) is 24.3 Å². The van der Waals surface area contributed by atoms with Gasteiger partial charge in [0, 0.05) is 17.0 Å². The van der Waals surface area contributed by atoms with Gasteiger partial charge in [-0.3, -0.25) is 14.8 Å². The van der Waals surface area contributed by atoms with Crippen LogP contribution >= 0.6 is 0 Å². The molecular weight excluding hydrogens is 407 g/mol. The van der Waals surface area contributed by atoms with Crippen molar-refractivity contribution >= 4 is 28.2 Å². The van der Waals surface area contributed by atoms with Crippen LogP contribution in [-0.4, -0.2) is 27.6 Å². The zero-order valence-electron chi connectivity index (χ0n) is 16.2. The number of hydrogen-bond donors (Lipinski definition) is 0. The summed E-state index contributed by atoms with van der Waals surface area (Å²) in [5, 5.41) is 11.6. The maximum atomic E-state index is 13.6. The molecule has 2 aromatic heterocycles. The molecule has 6 nitrogen and oxygen atoms in total. The molecule has 1 atom stereocenters. The Bertz CT molecular complexity index is 1210. The maximum absolute atomic E-state index is 13.6. The molecule has 0 bridgehead atoms. The van der Waals surface area contributed by atoms with Crippen LogP contribution < -0.4 is 9.80 Å². The van der Waals surface area contributed by atoms with Gasteiger partial charge in [0.2, 0.25) is 0 Å². The largest absolute Gasteiger partial charge is 0.433 e. The van der Waals surface area contributed by atoms with Crippen molar-refractivity contribution in [2.24, 2.45) is 0 Å². The van der Waals surface area contributed by atoms with E-state index in [2.05, 4.69) is 16.0 Å². The average molecular weight is 423 g/mol. The molecule has 1 aromatic carbocycles. The maximum Gasteiger partial charge on any atom is 0.433 e. The number of benzene rings is 1. The van der Waals surface area contributed by atoms with Crippen LogP contribution in [0.1, 0.15) is 25.0 Å². The highest BCUT2D eigenvalue weighted by Crippen LogP contribution is 2.51. The first-order valence-electron chi connectivity index (χ1n) is 9.76. The van der Waals surface area contributed by atoms with Crippen LogP contribution in [0, 0.1) is 11.3 Å². The van der Waals surface area contributed by atoms with Gasteiger partial charge in [0.25, 0.3) is 0 Å². The van der Waals surface area contributed by atoms with Crippen LogP contribution in [0.25, 0.3) is 10.8 Å². The highest BCUT2D eigenvalue weighted by Gasteiger charge is 2.61. The van der Waals surface area contributed by atoms with Gasteiger partial charge in [0.1, 0.15) is 11.7 Å². The summed E-state index contributed by atoms with van der Waals surface area (Å²) < 4.78 is 38.9. The molecule has 3 aromatic rings. The summed E-state index contributed by atoms with van der Waals surface area (Å²) in [6.45, 7) is 0. The number of fused-ring (bicyclic) bond motifs is 1. The summed E-state index contributed by atoms with van der Waals surface area (Å²) in [6, 6.07) is 10.5. The van der Waals surface area contributed by atoms with Crippen molar-refractivity contribution in [1.29, 1.82) is 5.26 Å². The highest BCUT2D eigenvalue weighted by molar-refractivity contribution is 6.13. The molecule has 3 heterocycles. The van der Waals surface area contributed by atoms with E-state index in [9.17, 15) is 23.2 Å². The predicted octanol–water partition coefficient (Wildman–Crippen LogP) is 4.91. The van der Waals surface area contributed by atoms with Crippen molar-refractivity contribution in [2.45, 2.75) is 37.0 Å². The second kappa shape index (κ2) is 6.67. The zero-order valence-corrected chi connectivity index (χ0v) is 16.2. The third-order valence-electron chi connectivity index (χ3n) is 6.15. The minimum atomic E-state index is -4.57. The van der Waals surface area contributed by atoms with Crippen molar-refractivity contribution in [2.75, 3.05) is 9.80 Å². The minimum absolute atomic E-state index is 0.244. The van der Waals surface area contributed by atoms with Gasteiger partial charge in [-0.2, -0.15) is 18.4 Å². The fourth-order valence-corrected chi connectivity index (χ4v) is 4.57. The monoisotopic (exact) mass is 423 g/mol. The summed E-state index contributed by atoms with van der Waals surface area (Å²) in [6.07, 6.45) is 1.68. The zero-order chi connectivity index (χ0) is 21.8. The lowest BCUT2D eigenvalue weighted by Crippen LogP contribution is -2.57. The Morgan fingerprint density at radius 2 is 1.87 bits per heavy atom. The molecule has 1 aliphatic heterocycles. The summed E-state index contributed by atoms with van der Waals surface area (Å²) >= 11 is 0. The minimum Gasteiger partial charge on any atom is -0.283 e. The van der Waals surface area contributed by atoms with E-state index in [1.54, 1.807) is 12.4 Å². The van der Waals surface area contributed by atoms with Gasteiger partial charge in [-0.05, 0) is 31.4 Å². The summed E-state index contributed by atoms with van der Waals surface area (Å²) in [4.78, 5) is 24.2. The van der Waals surface area contributed by atoms with Gasteiger partial charge in [-0.15, -0.1) is 0 Å². The second-order valence-corrected chi connectivity index (χ2v) is 7.76. The van der Waals surface area contributed by atoms with Crippen LogP contribution in [0.4, 0.5) is 29.3 Å². The van der Waals surface area contributed by atoms with Crippen molar-refractivity contribution in [3.8, 4) is 6.07 Å². The number of halogens is 3. The number of carbonyl (C=O) groups excluding carboxylic acids is 1. The Morgan fingerprint density at radius 3 is 2.48 bits per heavy atom. The van der Waals surface area contributed by atoms with Crippen LogP contribution in [-0.2, 0) is 6.18 Å². The molecule has 1 aliphatic carbocycles. The van der Waals surface area contributed by atoms with Crippen molar-refractivity contribution in [3.63, 3.8) is 0 Å². The topological polar surface area (TPSA) is 73.1 Å². The number of rotatable bonds is 2. The fourth-order valence-electron chi connectivity index (χ4n) is 4.57. The van der Waals surface area contributed by atoms with Crippen molar-refractivity contribution in [1.82, 2.24) is 9.97 Å². The Hall–Kier alpha value is -3.67. The van der Waals surface area contributed by atoms with E-state index < -0.39 is 29.5 Å². The van der Waals surface area contributed by atoms with E-state index in [-0.39, 0.29) is 5.69 Å². The number of nitriles is 1. The van der Waals surface area contributed by atoms with E-state index in [1.165, 1.54) is 15.9 Å². The lowest BCUT2D eigenvalue weighted by atomic mass is 9.71. The molecule has 9 heteroatoms. The third kappa shape index (κ3) is 2.75. The molecule has 1 spiro atoms. The van der Waals surface area contributed by atoms with Crippen molar-refractivity contribution in [3.05, 3.63) is 60.7 Å². The number of urea groups is 1. The van der Waals surface area contributed by atoms with Crippen molar-refractivity contribution < 1.29 is 18.0 Å². The molecule has 2 amide bonds. The molecule has 0 N–H and O–H groups in total. The third-order valence-corrected chi connectivity index (χ3v) is 6.15. The molecule has 2 aliphatic rings. The molecule has 1 saturated heterocycles. The SMILES string of the molecule is N#C[C@H]1N(c2cncc3ccccc23)C(=O)N(c2ccc(C(F)(F)F)nc2)C12CCC2. The Morgan fingerprint density at radius 1 is 1.10 bits per heavy atom. The van der Waals surface area contributed by atoms with Crippen LogP contribution in [0.5, 0.6) is 0 Å². The number of amides is 2. The number of nitrogens with zero attached hydrogens (tertiary/aromatic N) is 5. The lowest BCUT2D eigenvalue weighted by molar-refractivity contribution is -0.141. The normalized spacial score (nSPS) is 20.2. The Kier molecular flexibility index (Phi) is 4.15. The Labute approximate surface area is 175 Å². The summed E-state index contributed by atoms with van der Waals surface area (Å²) in [7, 11) is 0. The Balaban J connectivity index is 1.64.